The van der Waals surface area contributed by atoms with Gasteiger partial charge in [-0.3, -0.25) is 20.0 Å². The molecule has 0 radical (unpaired) electrons. The first-order valence-electron chi connectivity index (χ1n) is 11.7. The van der Waals surface area contributed by atoms with Crippen molar-refractivity contribution >= 4 is 22.1 Å². The van der Waals surface area contributed by atoms with E-state index in [1.165, 1.54) is 18.4 Å². The van der Waals surface area contributed by atoms with Crippen molar-refractivity contribution in [1.29, 1.82) is 0 Å². The van der Waals surface area contributed by atoms with Crippen molar-refractivity contribution in [1.82, 2.24) is 40.0 Å². The Bertz CT molecular complexity index is 1640. The van der Waals surface area contributed by atoms with E-state index in [0.717, 1.165) is 58.3 Å². The fourth-order valence-electron chi connectivity index (χ4n) is 4.85. The van der Waals surface area contributed by atoms with Gasteiger partial charge in [-0.2, -0.15) is 5.10 Å². The molecule has 1 fully saturated rings. The third kappa shape index (κ3) is 3.57. The molecule has 7 heterocycles. The number of nitrogens with one attached hydrogen (secondary N) is 2. The third-order valence-corrected chi connectivity index (χ3v) is 6.60. The van der Waals surface area contributed by atoms with Crippen LogP contribution in [0, 0.1) is 0 Å². The predicted octanol–water partition coefficient (Wildman–Crippen LogP) is 4.81. The van der Waals surface area contributed by atoms with E-state index < -0.39 is 0 Å². The first-order valence-corrected chi connectivity index (χ1v) is 11.7. The smallest absolute Gasteiger partial charge is 0.159 e. The highest BCUT2D eigenvalue weighted by Gasteiger charge is 2.17. The van der Waals surface area contributed by atoms with Gasteiger partial charge < -0.3 is 9.40 Å². The molecule has 1 aliphatic heterocycles. The van der Waals surface area contributed by atoms with E-state index in [2.05, 4.69) is 47.2 Å². The summed E-state index contributed by atoms with van der Waals surface area (Å²) < 4.78 is 5.26. The van der Waals surface area contributed by atoms with Gasteiger partial charge in [0, 0.05) is 53.6 Å². The molecular weight excluding hydrogens is 440 g/mol. The SMILES string of the molecule is c1cc(-c2cncc3[nH]c(-c4n[nH]c5ncc(-c6cncc(CN7CCCC7)c6)cc45)nc23)co1. The lowest BCUT2D eigenvalue weighted by atomic mass is 10.1. The summed E-state index contributed by atoms with van der Waals surface area (Å²) >= 11 is 0. The first-order chi connectivity index (χ1) is 17.3. The molecule has 1 saturated heterocycles. The highest BCUT2D eigenvalue weighted by molar-refractivity contribution is 5.96. The summed E-state index contributed by atoms with van der Waals surface area (Å²) in [6.07, 6.45) is 15.2. The summed E-state index contributed by atoms with van der Waals surface area (Å²) in [7, 11) is 0. The van der Waals surface area contributed by atoms with E-state index in [1.54, 1.807) is 24.9 Å². The summed E-state index contributed by atoms with van der Waals surface area (Å²) in [5.74, 6) is 0.656. The molecule has 0 atom stereocenters. The number of hydrogen-bond acceptors (Lipinski definition) is 7. The van der Waals surface area contributed by atoms with Crippen molar-refractivity contribution in [2.24, 2.45) is 0 Å². The van der Waals surface area contributed by atoms with E-state index in [0.29, 0.717) is 17.2 Å². The van der Waals surface area contributed by atoms with Crippen LogP contribution in [0.1, 0.15) is 18.4 Å². The van der Waals surface area contributed by atoms with Crippen molar-refractivity contribution in [2.45, 2.75) is 19.4 Å². The monoisotopic (exact) mass is 462 g/mol. The van der Waals surface area contributed by atoms with E-state index in [4.69, 9.17) is 9.40 Å². The van der Waals surface area contributed by atoms with Crippen molar-refractivity contribution in [3.05, 3.63) is 67.3 Å². The van der Waals surface area contributed by atoms with Gasteiger partial charge in [-0.25, -0.2) is 9.97 Å². The van der Waals surface area contributed by atoms with E-state index in [9.17, 15) is 0 Å². The quantitative estimate of drug-likeness (QED) is 0.378. The second kappa shape index (κ2) is 8.14. The molecule has 0 amide bonds. The van der Waals surface area contributed by atoms with Crippen LogP contribution in [0.5, 0.6) is 0 Å². The van der Waals surface area contributed by atoms with Crippen LogP contribution < -0.4 is 0 Å². The van der Waals surface area contributed by atoms with Crippen LogP contribution in [0.25, 0.3) is 55.8 Å². The van der Waals surface area contributed by atoms with Gasteiger partial charge >= 0.3 is 0 Å². The molecule has 9 heteroatoms. The van der Waals surface area contributed by atoms with E-state index >= 15 is 0 Å². The molecule has 0 aliphatic carbocycles. The zero-order valence-corrected chi connectivity index (χ0v) is 18.9. The second-order valence-electron chi connectivity index (χ2n) is 8.94. The maximum Gasteiger partial charge on any atom is 0.159 e. The van der Waals surface area contributed by atoms with Crippen LogP contribution in [0.2, 0.25) is 0 Å². The standard InChI is InChI=1S/C26H22N8O/c1-2-5-34(4-1)14-16-7-18(10-27-9-16)19-8-20-24(32-33-25(20)29-11-19)26-30-22-13-28-12-21(23(22)31-26)17-3-6-35-15-17/h3,6-13,15H,1-2,4-5,14H2,(H,30,31)(H,29,32,33). The lowest BCUT2D eigenvalue weighted by Crippen LogP contribution is -2.18. The number of rotatable bonds is 5. The topological polar surface area (TPSA) is 112 Å². The maximum absolute atomic E-state index is 5.26. The van der Waals surface area contributed by atoms with Crippen LogP contribution in [-0.4, -0.2) is 53.1 Å². The number of pyridine rings is 3. The summed E-state index contributed by atoms with van der Waals surface area (Å²) in [4.78, 5) is 24.2. The summed E-state index contributed by atoms with van der Waals surface area (Å²) in [5.41, 5.74) is 8.15. The maximum atomic E-state index is 5.26. The van der Waals surface area contributed by atoms with Gasteiger partial charge in [0.25, 0.3) is 0 Å². The minimum atomic E-state index is 0.656. The normalized spacial score (nSPS) is 14.4. The molecule has 0 aromatic carbocycles. The predicted molar refractivity (Wildman–Crippen MR) is 132 cm³/mol. The molecule has 1 aliphatic rings. The third-order valence-electron chi connectivity index (χ3n) is 6.60. The highest BCUT2D eigenvalue weighted by atomic mass is 16.3. The molecule has 0 spiro atoms. The number of furan rings is 1. The van der Waals surface area contributed by atoms with Gasteiger partial charge in [0.05, 0.1) is 29.6 Å². The van der Waals surface area contributed by atoms with Crippen LogP contribution >= 0.6 is 0 Å². The number of aromatic nitrogens is 7. The minimum absolute atomic E-state index is 0.656. The molecular formula is C26H22N8O. The Hall–Kier alpha value is -4.37. The fourth-order valence-corrected chi connectivity index (χ4v) is 4.85. The van der Waals surface area contributed by atoms with Crippen LogP contribution in [-0.2, 0) is 6.54 Å². The summed E-state index contributed by atoms with van der Waals surface area (Å²) in [6, 6.07) is 6.20. The Kier molecular flexibility index (Phi) is 4.66. The number of likely N-dealkylation sites (tertiary alicyclic amines) is 1. The van der Waals surface area contributed by atoms with Gasteiger partial charge in [-0.05, 0) is 49.7 Å². The second-order valence-corrected chi connectivity index (χ2v) is 8.94. The zero-order valence-electron chi connectivity index (χ0n) is 18.9. The van der Waals surface area contributed by atoms with E-state index in [1.807, 2.05) is 24.7 Å². The Balaban J connectivity index is 1.28. The lowest BCUT2D eigenvalue weighted by Gasteiger charge is -2.14. The van der Waals surface area contributed by atoms with Crippen LogP contribution in [0.3, 0.4) is 0 Å². The fraction of sp³-hybridized carbons (Fsp3) is 0.192. The number of imidazole rings is 1. The average Bonchev–Trinajstić information content (AvgIpc) is 3.70. The zero-order chi connectivity index (χ0) is 23.2. The van der Waals surface area contributed by atoms with Gasteiger partial charge in [-0.1, -0.05) is 0 Å². The molecule has 172 valence electrons. The lowest BCUT2D eigenvalue weighted by molar-refractivity contribution is 0.331. The minimum Gasteiger partial charge on any atom is -0.472 e. The Morgan fingerprint density at radius 1 is 0.943 bits per heavy atom. The molecule has 2 N–H and O–H groups in total. The Labute approximate surface area is 200 Å². The van der Waals surface area contributed by atoms with Gasteiger partial charge in [0.15, 0.2) is 11.5 Å². The molecule has 0 unspecified atom stereocenters. The average molecular weight is 463 g/mol. The summed E-state index contributed by atoms with van der Waals surface area (Å²) in [6.45, 7) is 3.25. The van der Waals surface area contributed by atoms with Crippen molar-refractivity contribution in [3.8, 4) is 33.8 Å². The summed E-state index contributed by atoms with van der Waals surface area (Å²) in [5, 5.41) is 8.46. The molecule has 0 bridgehead atoms. The number of aromatic amines is 2. The van der Waals surface area contributed by atoms with Gasteiger partial charge in [0.1, 0.15) is 11.2 Å². The molecule has 6 aromatic rings. The van der Waals surface area contributed by atoms with Crippen molar-refractivity contribution in [2.75, 3.05) is 13.1 Å². The molecule has 6 aromatic heterocycles. The first kappa shape index (κ1) is 20.0. The molecule has 35 heavy (non-hydrogen) atoms. The largest absolute Gasteiger partial charge is 0.472 e. The van der Waals surface area contributed by atoms with E-state index in [-0.39, 0.29) is 0 Å². The highest BCUT2D eigenvalue weighted by Crippen LogP contribution is 2.32. The number of fused-ring (bicyclic) bond motifs is 2. The number of H-pyrrole nitrogens is 2. The number of hydrogen-bond donors (Lipinski definition) is 2. The molecule has 0 saturated carbocycles. The van der Waals surface area contributed by atoms with Gasteiger partial charge in [-0.15, -0.1) is 0 Å². The molecule has 9 nitrogen and oxygen atoms in total. The molecule has 7 rings (SSSR count). The Morgan fingerprint density at radius 3 is 2.71 bits per heavy atom. The van der Waals surface area contributed by atoms with Crippen molar-refractivity contribution < 1.29 is 4.42 Å². The Morgan fingerprint density at radius 2 is 1.83 bits per heavy atom. The van der Waals surface area contributed by atoms with Gasteiger partial charge in [0.2, 0.25) is 0 Å². The van der Waals surface area contributed by atoms with Crippen molar-refractivity contribution in [3.63, 3.8) is 0 Å². The van der Waals surface area contributed by atoms with Crippen LogP contribution in [0.15, 0.2) is 66.1 Å². The number of nitrogens with zero attached hydrogens (tertiary/aromatic N) is 6. The van der Waals surface area contributed by atoms with Crippen LogP contribution in [0.4, 0.5) is 0 Å².